The minimum atomic E-state index is 0.290. The molecule has 16 heavy (non-hydrogen) atoms. The normalized spacial score (nSPS) is 16.0. The summed E-state index contributed by atoms with van der Waals surface area (Å²) in [6.07, 6.45) is 3.39. The standard InChI is InChI=1S/C13H18ClNO/c1-8(7-15)11-6-9-4-3-5-10(9)12(14)13(11)16-2/h6,8H,3-5,7,15H2,1-2H3. The number of ether oxygens (including phenoxy) is 1. The van der Waals surface area contributed by atoms with Crippen LogP contribution in [0.25, 0.3) is 0 Å². The van der Waals surface area contributed by atoms with Gasteiger partial charge in [0.15, 0.2) is 0 Å². The summed E-state index contributed by atoms with van der Waals surface area (Å²) in [5.41, 5.74) is 9.52. The van der Waals surface area contributed by atoms with E-state index in [1.165, 1.54) is 17.5 Å². The molecule has 1 aromatic rings. The molecule has 0 amide bonds. The van der Waals surface area contributed by atoms with Crippen LogP contribution < -0.4 is 10.5 Å². The number of rotatable bonds is 3. The molecule has 0 heterocycles. The number of methoxy groups -OCH3 is 1. The van der Waals surface area contributed by atoms with Crippen LogP contribution in [0.5, 0.6) is 5.75 Å². The molecule has 1 aromatic carbocycles. The van der Waals surface area contributed by atoms with E-state index in [4.69, 9.17) is 22.1 Å². The fraction of sp³-hybridized carbons (Fsp3) is 0.538. The topological polar surface area (TPSA) is 35.2 Å². The molecule has 1 aliphatic rings. The number of halogens is 1. The largest absolute Gasteiger partial charge is 0.495 e. The van der Waals surface area contributed by atoms with Crippen LogP contribution in [0.4, 0.5) is 0 Å². The average molecular weight is 240 g/mol. The minimum absolute atomic E-state index is 0.290. The Labute approximate surface area is 102 Å². The maximum atomic E-state index is 6.39. The van der Waals surface area contributed by atoms with Gasteiger partial charge >= 0.3 is 0 Å². The number of fused-ring (bicyclic) bond motifs is 1. The summed E-state index contributed by atoms with van der Waals surface area (Å²) in [4.78, 5) is 0. The van der Waals surface area contributed by atoms with Crippen molar-refractivity contribution in [2.24, 2.45) is 5.73 Å². The van der Waals surface area contributed by atoms with Gasteiger partial charge in [-0.3, -0.25) is 0 Å². The first kappa shape index (κ1) is 11.7. The zero-order chi connectivity index (χ0) is 11.7. The van der Waals surface area contributed by atoms with Crippen LogP contribution in [-0.2, 0) is 12.8 Å². The molecule has 2 rings (SSSR count). The quantitative estimate of drug-likeness (QED) is 0.880. The van der Waals surface area contributed by atoms with Crippen LogP contribution >= 0.6 is 11.6 Å². The summed E-state index contributed by atoms with van der Waals surface area (Å²) in [6.45, 7) is 2.72. The third-order valence-electron chi connectivity index (χ3n) is 3.41. The van der Waals surface area contributed by atoms with Crippen molar-refractivity contribution in [2.45, 2.75) is 32.1 Å². The van der Waals surface area contributed by atoms with Gasteiger partial charge in [-0.05, 0) is 42.9 Å². The third kappa shape index (κ3) is 1.80. The Hall–Kier alpha value is -0.730. The van der Waals surface area contributed by atoms with Crippen molar-refractivity contribution in [3.63, 3.8) is 0 Å². The van der Waals surface area contributed by atoms with Gasteiger partial charge in [-0.15, -0.1) is 0 Å². The van der Waals surface area contributed by atoms with E-state index < -0.39 is 0 Å². The van der Waals surface area contributed by atoms with Crippen LogP contribution in [0.2, 0.25) is 5.02 Å². The van der Waals surface area contributed by atoms with Crippen molar-refractivity contribution in [1.29, 1.82) is 0 Å². The van der Waals surface area contributed by atoms with Crippen LogP contribution in [0.1, 0.15) is 36.0 Å². The second-order valence-corrected chi connectivity index (χ2v) is 4.82. The Balaban J connectivity index is 2.56. The molecule has 0 bridgehead atoms. The Bertz CT molecular complexity index is 403. The number of aryl methyl sites for hydroxylation is 1. The molecule has 0 spiro atoms. The van der Waals surface area contributed by atoms with Gasteiger partial charge in [0.05, 0.1) is 12.1 Å². The van der Waals surface area contributed by atoms with E-state index in [-0.39, 0.29) is 0 Å². The molecule has 0 aliphatic heterocycles. The van der Waals surface area contributed by atoms with Gasteiger partial charge < -0.3 is 10.5 Å². The van der Waals surface area contributed by atoms with Crippen molar-refractivity contribution < 1.29 is 4.74 Å². The van der Waals surface area contributed by atoms with E-state index in [2.05, 4.69) is 13.0 Å². The molecular formula is C13H18ClNO. The van der Waals surface area contributed by atoms with E-state index in [0.29, 0.717) is 12.5 Å². The second kappa shape index (κ2) is 4.64. The highest BCUT2D eigenvalue weighted by molar-refractivity contribution is 6.33. The molecule has 0 saturated carbocycles. The molecule has 1 atom stereocenters. The fourth-order valence-corrected chi connectivity index (χ4v) is 2.80. The van der Waals surface area contributed by atoms with Gasteiger partial charge in [0.2, 0.25) is 0 Å². The highest BCUT2D eigenvalue weighted by atomic mass is 35.5. The molecule has 0 fully saturated rings. The lowest BCUT2D eigenvalue weighted by molar-refractivity contribution is 0.406. The predicted octanol–water partition coefficient (Wildman–Crippen LogP) is 2.90. The summed E-state index contributed by atoms with van der Waals surface area (Å²) in [6, 6.07) is 2.23. The first-order valence-electron chi connectivity index (χ1n) is 5.77. The summed E-state index contributed by atoms with van der Waals surface area (Å²) in [5.74, 6) is 1.11. The van der Waals surface area contributed by atoms with Gasteiger partial charge in [0, 0.05) is 5.56 Å². The van der Waals surface area contributed by atoms with Gasteiger partial charge in [0.25, 0.3) is 0 Å². The first-order chi connectivity index (χ1) is 7.69. The lowest BCUT2D eigenvalue weighted by atomic mass is 9.96. The van der Waals surface area contributed by atoms with E-state index in [0.717, 1.165) is 29.2 Å². The van der Waals surface area contributed by atoms with Crippen LogP contribution in [-0.4, -0.2) is 13.7 Å². The van der Waals surface area contributed by atoms with Gasteiger partial charge in [-0.1, -0.05) is 24.6 Å². The Morgan fingerprint density at radius 3 is 2.88 bits per heavy atom. The lowest BCUT2D eigenvalue weighted by Crippen LogP contribution is -2.11. The summed E-state index contributed by atoms with van der Waals surface area (Å²) >= 11 is 6.39. The maximum absolute atomic E-state index is 6.39. The Kier molecular flexibility index (Phi) is 3.41. The lowest BCUT2D eigenvalue weighted by Gasteiger charge is -2.18. The van der Waals surface area contributed by atoms with E-state index in [9.17, 15) is 0 Å². The maximum Gasteiger partial charge on any atom is 0.141 e. The van der Waals surface area contributed by atoms with E-state index in [1.807, 2.05) is 0 Å². The van der Waals surface area contributed by atoms with Crippen molar-refractivity contribution in [1.82, 2.24) is 0 Å². The SMILES string of the molecule is COc1c(C(C)CN)cc2c(c1Cl)CCC2. The first-order valence-corrected chi connectivity index (χ1v) is 6.15. The molecule has 88 valence electrons. The summed E-state index contributed by atoms with van der Waals surface area (Å²) in [7, 11) is 1.68. The molecule has 3 heteroatoms. The van der Waals surface area contributed by atoms with Gasteiger partial charge in [-0.2, -0.15) is 0 Å². The smallest absolute Gasteiger partial charge is 0.141 e. The van der Waals surface area contributed by atoms with Gasteiger partial charge in [0.1, 0.15) is 5.75 Å². The van der Waals surface area contributed by atoms with Crippen molar-refractivity contribution in [2.75, 3.05) is 13.7 Å². The summed E-state index contributed by atoms with van der Waals surface area (Å²) in [5, 5.41) is 0.799. The summed E-state index contributed by atoms with van der Waals surface area (Å²) < 4.78 is 5.44. The van der Waals surface area contributed by atoms with Crippen LogP contribution in [0.15, 0.2) is 6.07 Å². The third-order valence-corrected chi connectivity index (χ3v) is 3.81. The second-order valence-electron chi connectivity index (χ2n) is 4.44. The highest BCUT2D eigenvalue weighted by Crippen LogP contribution is 2.41. The van der Waals surface area contributed by atoms with Crippen molar-refractivity contribution in [3.05, 3.63) is 27.8 Å². The fourth-order valence-electron chi connectivity index (χ4n) is 2.39. The van der Waals surface area contributed by atoms with Crippen molar-refractivity contribution in [3.8, 4) is 5.75 Å². The number of hydrogen-bond donors (Lipinski definition) is 1. The zero-order valence-electron chi connectivity index (χ0n) is 9.85. The molecule has 1 unspecified atom stereocenters. The van der Waals surface area contributed by atoms with Crippen molar-refractivity contribution >= 4 is 11.6 Å². The van der Waals surface area contributed by atoms with E-state index in [1.54, 1.807) is 7.11 Å². The molecule has 0 aromatic heterocycles. The van der Waals surface area contributed by atoms with E-state index >= 15 is 0 Å². The number of nitrogens with two attached hydrogens (primary N) is 1. The van der Waals surface area contributed by atoms with Crippen LogP contribution in [0.3, 0.4) is 0 Å². The zero-order valence-corrected chi connectivity index (χ0v) is 10.6. The molecule has 1 aliphatic carbocycles. The predicted molar refractivity (Wildman–Crippen MR) is 67.5 cm³/mol. The minimum Gasteiger partial charge on any atom is -0.495 e. The molecule has 0 saturated heterocycles. The number of benzene rings is 1. The average Bonchev–Trinajstić information content (AvgIpc) is 2.76. The van der Waals surface area contributed by atoms with Crippen LogP contribution in [0, 0.1) is 0 Å². The Morgan fingerprint density at radius 2 is 2.25 bits per heavy atom. The highest BCUT2D eigenvalue weighted by Gasteiger charge is 2.22. The Morgan fingerprint density at radius 1 is 1.50 bits per heavy atom. The molecule has 0 radical (unpaired) electrons. The molecule has 2 nitrogen and oxygen atoms in total. The van der Waals surface area contributed by atoms with Gasteiger partial charge in [-0.25, -0.2) is 0 Å². The monoisotopic (exact) mass is 239 g/mol. The molecule has 2 N–H and O–H groups in total. The molecular weight excluding hydrogens is 222 g/mol. The number of hydrogen-bond acceptors (Lipinski definition) is 2.